The monoisotopic (exact) mass is 340 g/mol. The Morgan fingerprint density at radius 1 is 1.37 bits per heavy atom. The number of nitrogens with zero attached hydrogens (tertiary/aromatic N) is 1. The third-order valence-corrected chi connectivity index (χ3v) is 4.68. The van der Waals surface area contributed by atoms with Crippen molar-refractivity contribution in [1.82, 2.24) is 4.98 Å². The number of hydrogen-bond acceptors (Lipinski definition) is 4. The maximum atomic E-state index is 6.24. The van der Waals surface area contributed by atoms with Crippen LogP contribution in [0, 0.1) is 6.92 Å². The molecule has 5 heteroatoms. The van der Waals surface area contributed by atoms with Gasteiger partial charge >= 0.3 is 0 Å². The first-order valence-electron chi connectivity index (χ1n) is 6.20. The first-order chi connectivity index (χ1) is 9.10. The molecule has 0 radical (unpaired) electrons. The van der Waals surface area contributed by atoms with Gasteiger partial charge in [-0.1, -0.05) is 46.7 Å². The van der Waals surface area contributed by atoms with Gasteiger partial charge in [-0.15, -0.1) is 0 Å². The van der Waals surface area contributed by atoms with E-state index in [1.54, 1.807) is 18.0 Å². The summed E-state index contributed by atoms with van der Waals surface area (Å²) in [6, 6.07) is 8.32. The minimum Gasteiger partial charge on any atom is -0.440 e. The molecule has 2 N–H and O–H groups in total. The number of aryl methyl sites for hydroxylation is 1. The highest BCUT2D eigenvalue weighted by Gasteiger charge is 2.22. The molecule has 2 aromatic rings. The summed E-state index contributed by atoms with van der Waals surface area (Å²) in [5.74, 6) is 0. The highest BCUT2D eigenvalue weighted by Crippen LogP contribution is 2.37. The van der Waals surface area contributed by atoms with E-state index >= 15 is 0 Å². The molecule has 3 nitrogen and oxygen atoms in total. The highest BCUT2D eigenvalue weighted by molar-refractivity contribution is 9.10. The molecule has 0 saturated carbocycles. The van der Waals surface area contributed by atoms with Crippen LogP contribution < -0.4 is 5.73 Å². The minimum atomic E-state index is 0.0679. The van der Waals surface area contributed by atoms with Gasteiger partial charge in [0.1, 0.15) is 6.26 Å². The predicted octanol–water partition coefficient (Wildman–Crippen LogP) is 4.32. The summed E-state index contributed by atoms with van der Waals surface area (Å²) in [6.07, 6.45) is 2.58. The van der Waals surface area contributed by atoms with E-state index in [1.807, 2.05) is 19.1 Å². The summed E-state index contributed by atoms with van der Waals surface area (Å²) in [4.78, 5) is 4.34. The molecule has 0 aliphatic rings. The standard InChI is InChI=1S/C14H17BrN2OS/c1-3-12(16)13(10-4-6-11(15)7-5-10)19-14-17-9(2)8-18-14/h4-8,12-13H,3,16H2,1-2H3. The van der Waals surface area contributed by atoms with Crippen molar-refractivity contribution in [3.8, 4) is 0 Å². The lowest BCUT2D eigenvalue weighted by atomic mass is 10.0. The van der Waals surface area contributed by atoms with Gasteiger partial charge in [-0.2, -0.15) is 0 Å². The molecule has 2 atom stereocenters. The summed E-state index contributed by atoms with van der Waals surface area (Å²) < 4.78 is 6.49. The summed E-state index contributed by atoms with van der Waals surface area (Å²) in [5.41, 5.74) is 8.32. The molecule has 0 bridgehead atoms. The molecule has 0 aliphatic carbocycles. The first-order valence-corrected chi connectivity index (χ1v) is 7.87. The lowest BCUT2D eigenvalue weighted by Crippen LogP contribution is -2.25. The van der Waals surface area contributed by atoms with E-state index in [4.69, 9.17) is 10.2 Å². The first kappa shape index (κ1) is 14.6. The van der Waals surface area contributed by atoms with Crippen molar-refractivity contribution < 1.29 is 4.42 Å². The Balaban J connectivity index is 2.23. The van der Waals surface area contributed by atoms with Crippen LogP contribution in [0.25, 0.3) is 0 Å². The average molecular weight is 341 g/mol. The van der Waals surface area contributed by atoms with E-state index in [1.165, 1.54) is 5.56 Å². The van der Waals surface area contributed by atoms with E-state index in [0.717, 1.165) is 16.6 Å². The molecule has 19 heavy (non-hydrogen) atoms. The molecule has 102 valence electrons. The number of hydrogen-bond donors (Lipinski definition) is 1. The average Bonchev–Trinajstić information content (AvgIpc) is 2.82. The van der Waals surface area contributed by atoms with Gasteiger partial charge in [0.2, 0.25) is 0 Å². The van der Waals surface area contributed by atoms with Crippen molar-refractivity contribution in [3.05, 3.63) is 46.3 Å². The van der Waals surface area contributed by atoms with Crippen molar-refractivity contribution in [1.29, 1.82) is 0 Å². The Bertz CT molecular complexity index is 526. The number of oxazole rings is 1. The predicted molar refractivity (Wildman–Crippen MR) is 82.2 cm³/mol. The van der Waals surface area contributed by atoms with Crippen molar-refractivity contribution >= 4 is 27.7 Å². The summed E-state index contributed by atoms with van der Waals surface area (Å²) >= 11 is 5.03. The van der Waals surface area contributed by atoms with Crippen molar-refractivity contribution in [2.24, 2.45) is 5.73 Å². The normalized spacial score (nSPS) is 14.3. The number of benzene rings is 1. The van der Waals surface area contributed by atoms with Crippen molar-refractivity contribution in [2.45, 2.75) is 36.8 Å². The van der Waals surface area contributed by atoms with E-state index in [0.29, 0.717) is 5.22 Å². The molecule has 0 saturated heterocycles. The van der Waals surface area contributed by atoms with E-state index in [9.17, 15) is 0 Å². The number of thioether (sulfide) groups is 1. The Labute approximate surface area is 126 Å². The Morgan fingerprint density at radius 2 is 2.05 bits per heavy atom. The largest absolute Gasteiger partial charge is 0.440 e. The summed E-state index contributed by atoms with van der Waals surface area (Å²) in [6.45, 7) is 4.01. The van der Waals surface area contributed by atoms with Gasteiger partial charge in [0.15, 0.2) is 0 Å². The zero-order valence-electron chi connectivity index (χ0n) is 11.0. The molecule has 0 fully saturated rings. The van der Waals surface area contributed by atoms with Crippen LogP contribution in [-0.4, -0.2) is 11.0 Å². The van der Waals surface area contributed by atoms with E-state index < -0.39 is 0 Å². The van der Waals surface area contributed by atoms with Crippen LogP contribution in [0.3, 0.4) is 0 Å². The third-order valence-electron chi connectivity index (χ3n) is 2.88. The van der Waals surface area contributed by atoms with Crippen LogP contribution in [0.1, 0.15) is 29.9 Å². The second kappa shape index (κ2) is 6.59. The maximum Gasteiger partial charge on any atom is 0.256 e. The van der Waals surface area contributed by atoms with Gasteiger partial charge in [0.25, 0.3) is 5.22 Å². The molecule has 0 aliphatic heterocycles. The zero-order valence-corrected chi connectivity index (χ0v) is 13.4. The van der Waals surface area contributed by atoms with Gasteiger partial charge in [0.05, 0.1) is 10.9 Å². The zero-order chi connectivity index (χ0) is 13.8. The molecule has 0 amide bonds. The fraction of sp³-hybridized carbons (Fsp3) is 0.357. The molecule has 1 aromatic carbocycles. The van der Waals surface area contributed by atoms with Crippen LogP contribution in [-0.2, 0) is 0 Å². The summed E-state index contributed by atoms with van der Waals surface area (Å²) in [5, 5.41) is 0.825. The summed E-state index contributed by atoms with van der Waals surface area (Å²) in [7, 11) is 0. The quantitative estimate of drug-likeness (QED) is 0.823. The number of rotatable bonds is 5. The molecular weight excluding hydrogens is 324 g/mol. The second-order valence-electron chi connectivity index (χ2n) is 4.42. The molecule has 2 unspecified atom stereocenters. The van der Waals surface area contributed by atoms with Crippen molar-refractivity contribution in [2.75, 3.05) is 0 Å². The van der Waals surface area contributed by atoms with Crippen LogP contribution in [0.15, 0.2) is 44.6 Å². The van der Waals surface area contributed by atoms with Crippen LogP contribution >= 0.6 is 27.7 Å². The topological polar surface area (TPSA) is 52.0 Å². The fourth-order valence-electron chi connectivity index (χ4n) is 1.76. The fourth-order valence-corrected chi connectivity index (χ4v) is 3.21. The Hall–Kier alpha value is -0.780. The van der Waals surface area contributed by atoms with E-state index in [-0.39, 0.29) is 11.3 Å². The number of aromatic nitrogens is 1. The van der Waals surface area contributed by atoms with Gasteiger partial charge in [-0.3, -0.25) is 0 Å². The number of nitrogens with two attached hydrogens (primary N) is 1. The second-order valence-corrected chi connectivity index (χ2v) is 6.43. The van der Waals surface area contributed by atoms with Gasteiger partial charge in [-0.25, -0.2) is 4.98 Å². The molecular formula is C14H17BrN2OS. The van der Waals surface area contributed by atoms with Gasteiger partial charge in [0, 0.05) is 10.5 Å². The lowest BCUT2D eigenvalue weighted by Gasteiger charge is -2.21. The SMILES string of the molecule is CCC(N)C(Sc1nc(C)co1)c1ccc(Br)cc1. The third kappa shape index (κ3) is 3.84. The minimum absolute atomic E-state index is 0.0679. The molecule has 1 aromatic heterocycles. The van der Waals surface area contributed by atoms with Crippen LogP contribution in [0.2, 0.25) is 0 Å². The Kier molecular flexibility index (Phi) is 5.07. The van der Waals surface area contributed by atoms with Gasteiger partial charge < -0.3 is 10.2 Å². The lowest BCUT2D eigenvalue weighted by molar-refractivity contribution is 0.451. The van der Waals surface area contributed by atoms with Crippen LogP contribution in [0.4, 0.5) is 0 Å². The van der Waals surface area contributed by atoms with Crippen LogP contribution in [0.5, 0.6) is 0 Å². The smallest absolute Gasteiger partial charge is 0.256 e. The number of halogens is 1. The van der Waals surface area contributed by atoms with Crippen molar-refractivity contribution in [3.63, 3.8) is 0 Å². The van der Waals surface area contributed by atoms with Gasteiger partial charge in [-0.05, 0) is 31.0 Å². The highest BCUT2D eigenvalue weighted by atomic mass is 79.9. The molecule has 0 spiro atoms. The maximum absolute atomic E-state index is 6.24. The molecule has 1 heterocycles. The van der Waals surface area contributed by atoms with E-state index in [2.05, 4.69) is 40.0 Å². The Morgan fingerprint density at radius 3 is 2.58 bits per heavy atom. The molecule has 2 rings (SSSR count).